The molecule has 0 saturated carbocycles. The molecule has 0 aromatic rings. The van der Waals surface area contributed by atoms with Crippen LogP contribution in [-0.2, 0) is 4.74 Å². The second kappa shape index (κ2) is 3.34. The third-order valence-electron chi connectivity index (χ3n) is 2.22. The van der Waals surface area contributed by atoms with E-state index in [-0.39, 0.29) is 11.0 Å². The molecule has 0 aliphatic carbocycles. The lowest BCUT2D eigenvalue weighted by Crippen LogP contribution is -2.41. The predicted octanol–water partition coefficient (Wildman–Crippen LogP) is 3.48. The van der Waals surface area contributed by atoms with Gasteiger partial charge in [0.1, 0.15) is 12.5 Å². The molecule has 0 atom stereocenters. The minimum absolute atomic E-state index is 0.0966. The maximum atomic E-state index is 5.25. The molecule has 0 aromatic heterocycles. The first-order chi connectivity index (χ1) is 6.23. The molecular weight excluding hydrogens is 174 g/mol. The van der Waals surface area contributed by atoms with Crippen molar-refractivity contribution in [2.45, 2.75) is 47.1 Å². The Labute approximate surface area is 87.2 Å². The van der Waals surface area contributed by atoms with Gasteiger partial charge in [-0.05, 0) is 20.8 Å². The van der Waals surface area contributed by atoms with Crippen LogP contribution < -0.4 is 0 Å². The molecule has 0 spiro atoms. The zero-order chi connectivity index (χ0) is 11.0. The minimum atomic E-state index is 0.0966. The van der Waals surface area contributed by atoms with E-state index in [0.717, 1.165) is 0 Å². The largest absolute Gasteiger partial charge is 0.469 e. The summed E-state index contributed by atoms with van der Waals surface area (Å²) in [7, 11) is 0. The zero-order valence-electron chi connectivity index (χ0n) is 10.1. The van der Waals surface area contributed by atoms with Crippen molar-refractivity contribution < 1.29 is 4.74 Å². The first-order valence-electron chi connectivity index (χ1n) is 5.05. The third kappa shape index (κ3) is 2.31. The molecule has 1 aliphatic rings. The van der Waals surface area contributed by atoms with Gasteiger partial charge >= 0.3 is 0 Å². The van der Waals surface area contributed by atoms with Gasteiger partial charge in [0.2, 0.25) is 0 Å². The topological polar surface area (TPSA) is 12.5 Å². The van der Waals surface area contributed by atoms with Crippen LogP contribution in [0, 0.1) is 5.41 Å². The fraction of sp³-hybridized carbons (Fsp3) is 0.667. The average molecular weight is 195 g/mol. The molecule has 0 N–H and O–H groups in total. The van der Waals surface area contributed by atoms with Gasteiger partial charge < -0.3 is 9.64 Å². The molecule has 2 nitrogen and oxygen atoms in total. The average Bonchev–Trinajstić information content (AvgIpc) is 2.01. The van der Waals surface area contributed by atoms with Crippen molar-refractivity contribution in [3.63, 3.8) is 0 Å². The Hall–Kier alpha value is -0.920. The van der Waals surface area contributed by atoms with E-state index in [4.69, 9.17) is 4.74 Å². The van der Waals surface area contributed by atoms with Crippen LogP contribution >= 0.6 is 0 Å². The SMILES string of the molecule is CC(C)(C)C1=COC=CN1C(C)(C)C. The highest BCUT2D eigenvalue weighted by molar-refractivity contribution is 5.16. The summed E-state index contributed by atoms with van der Waals surface area (Å²) in [6.45, 7) is 13.2. The Kier molecular flexibility index (Phi) is 2.66. The van der Waals surface area contributed by atoms with E-state index >= 15 is 0 Å². The summed E-state index contributed by atoms with van der Waals surface area (Å²) in [5.74, 6) is 0. The molecule has 2 heteroatoms. The van der Waals surface area contributed by atoms with Crippen molar-refractivity contribution in [1.82, 2.24) is 4.90 Å². The van der Waals surface area contributed by atoms with Crippen LogP contribution in [0.2, 0.25) is 0 Å². The Morgan fingerprint density at radius 1 is 1.07 bits per heavy atom. The maximum absolute atomic E-state index is 5.25. The minimum Gasteiger partial charge on any atom is -0.469 e. The van der Waals surface area contributed by atoms with Crippen molar-refractivity contribution in [2.75, 3.05) is 0 Å². The highest BCUT2D eigenvalue weighted by Crippen LogP contribution is 2.34. The molecule has 0 amide bonds. The number of hydrogen-bond acceptors (Lipinski definition) is 2. The maximum Gasteiger partial charge on any atom is 0.110 e. The van der Waals surface area contributed by atoms with E-state index in [2.05, 4.69) is 46.4 Å². The smallest absolute Gasteiger partial charge is 0.110 e. The van der Waals surface area contributed by atoms with E-state index in [1.165, 1.54) is 5.70 Å². The van der Waals surface area contributed by atoms with E-state index in [9.17, 15) is 0 Å². The Balaban J connectivity index is 2.99. The first kappa shape index (κ1) is 11.2. The van der Waals surface area contributed by atoms with Crippen LogP contribution in [0.4, 0.5) is 0 Å². The monoisotopic (exact) mass is 195 g/mol. The highest BCUT2D eigenvalue weighted by atomic mass is 16.5. The fourth-order valence-corrected chi connectivity index (χ4v) is 1.46. The second-order valence-electron chi connectivity index (χ2n) is 5.72. The van der Waals surface area contributed by atoms with Gasteiger partial charge in [-0.1, -0.05) is 20.8 Å². The van der Waals surface area contributed by atoms with Gasteiger partial charge in [-0.25, -0.2) is 0 Å². The molecule has 14 heavy (non-hydrogen) atoms. The summed E-state index contributed by atoms with van der Waals surface area (Å²) in [5, 5.41) is 0. The van der Waals surface area contributed by atoms with Crippen LogP contribution in [0.5, 0.6) is 0 Å². The van der Waals surface area contributed by atoms with Crippen molar-refractivity contribution in [2.24, 2.45) is 5.41 Å². The summed E-state index contributed by atoms with van der Waals surface area (Å²) >= 11 is 0. The predicted molar refractivity (Wildman–Crippen MR) is 59.4 cm³/mol. The Bertz CT molecular complexity index is 263. The second-order valence-corrected chi connectivity index (χ2v) is 5.72. The molecule has 1 rings (SSSR count). The summed E-state index contributed by atoms with van der Waals surface area (Å²) in [5.41, 5.74) is 1.42. The lowest BCUT2D eigenvalue weighted by Gasteiger charge is -2.42. The van der Waals surface area contributed by atoms with Crippen LogP contribution in [0.3, 0.4) is 0 Å². The Morgan fingerprint density at radius 3 is 2.00 bits per heavy atom. The van der Waals surface area contributed by atoms with Gasteiger partial charge in [-0.2, -0.15) is 0 Å². The number of allylic oxidation sites excluding steroid dienone is 1. The molecule has 0 aromatic carbocycles. The van der Waals surface area contributed by atoms with E-state index in [0.29, 0.717) is 0 Å². The molecule has 0 bridgehead atoms. The van der Waals surface area contributed by atoms with Crippen LogP contribution in [0.1, 0.15) is 41.5 Å². The van der Waals surface area contributed by atoms with Crippen LogP contribution in [0.25, 0.3) is 0 Å². The lowest BCUT2D eigenvalue weighted by atomic mass is 9.89. The molecule has 80 valence electrons. The van der Waals surface area contributed by atoms with Crippen LogP contribution in [-0.4, -0.2) is 10.4 Å². The molecule has 1 heterocycles. The third-order valence-corrected chi connectivity index (χ3v) is 2.22. The van der Waals surface area contributed by atoms with E-state index in [1.54, 1.807) is 6.26 Å². The number of ether oxygens (including phenoxy) is 1. The van der Waals surface area contributed by atoms with E-state index < -0.39 is 0 Å². The first-order valence-corrected chi connectivity index (χ1v) is 5.05. The quantitative estimate of drug-likeness (QED) is 0.587. The zero-order valence-corrected chi connectivity index (χ0v) is 10.1. The molecule has 0 fully saturated rings. The summed E-state index contributed by atoms with van der Waals surface area (Å²) < 4.78 is 5.25. The highest BCUT2D eigenvalue weighted by Gasteiger charge is 2.30. The summed E-state index contributed by atoms with van der Waals surface area (Å²) in [4.78, 5) is 2.26. The van der Waals surface area contributed by atoms with Gasteiger partial charge in [0.25, 0.3) is 0 Å². The normalized spacial score (nSPS) is 17.9. The lowest BCUT2D eigenvalue weighted by molar-refractivity contribution is 0.176. The van der Waals surface area contributed by atoms with Crippen LogP contribution in [0.15, 0.2) is 24.4 Å². The van der Waals surface area contributed by atoms with Gasteiger partial charge in [-0.15, -0.1) is 0 Å². The van der Waals surface area contributed by atoms with E-state index in [1.807, 2.05) is 12.5 Å². The van der Waals surface area contributed by atoms with Gasteiger partial charge in [0.15, 0.2) is 0 Å². The van der Waals surface area contributed by atoms with Crippen molar-refractivity contribution in [3.05, 3.63) is 24.4 Å². The summed E-state index contributed by atoms with van der Waals surface area (Å²) in [6, 6.07) is 0. The molecular formula is C12H21NO. The summed E-state index contributed by atoms with van der Waals surface area (Å²) in [6.07, 6.45) is 5.56. The van der Waals surface area contributed by atoms with Gasteiger partial charge in [-0.3, -0.25) is 0 Å². The molecule has 0 unspecified atom stereocenters. The Morgan fingerprint density at radius 2 is 1.64 bits per heavy atom. The fourth-order valence-electron chi connectivity index (χ4n) is 1.46. The molecule has 0 saturated heterocycles. The number of rotatable bonds is 0. The number of hydrogen-bond donors (Lipinski definition) is 0. The van der Waals surface area contributed by atoms with Gasteiger partial charge in [0.05, 0.1) is 5.70 Å². The standard InChI is InChI=1S/C12H21NO/c1-11(2,3)10-9-14-8-7-13(10)12(4,5)6/h7-9H,1-6H3. The van der Waals surface area contributed by atoms with Gasteiger partial charge in [0, 0.05) is 17.2 Å². The van der Waals surface area contributed by atoms with Crippen molar-refractivity contribution in [1.29, 1.82) is 0 Å². The number of nitrogens with zero attached hydrogens (tertiary/aromatic N) is 1. The molecule has 1 aliphatic heterocycles. The molecule has 0 radical (unpaired) electrons. The van der Waals surface area contributed by atoms with Crippen molar-refractivity contribution >= 4 is 0 Å². The van der Waals surface area contributed by atoms with Crippen molar-refractivity contribution in [3.8, 4) is 0 Å².